The van der Waals surface area contributed by atoms with E-state index in [-0.39, 0.29) is 0 Å². The van der Waals surface area contributed by atoms with Crippen molar-refractivity contribution in [1.29, 1.82) is 0 Å². The molecule has 1 aliphatic rings. The Morgan fingerprint density at radius 1 is 1.21 bits per heavy atom. The highest BCUT2D eigenvalue weighted by Crippen LogP contribution is 2.33. The smallest absolute Gasteiger partial charge is 0.143 e. The van der Waals surface area contributed by atoms with E-state index in [1.807, 2.05) is 25.1 Å². The Hall–Kier alpha value is -2.01. The molecule has 0 unspecified atom stereocenters. The molecule has 1 fully saturated rings. The lowest BCUT2D eigenvalue weighted by Gasteiger charge is -2.31. The fraction of sp³-hybridized carbons (Fsp3) is 0.444. The predicted octanol–water partition coefficient (Wildman–Crippen LogP) is 4.43. The Labute approximate surface area is 148 Å². The van der Waals surface area contributed by atoms with Crippen molar-refractivity contribution in [3.8, 4) is 5.75 Å². The van der Waals surface area contributed by atoms with Crippen LogP contribution < -0.4 is 15.0 Å². The van der Waals surface area contributed by atoms with E-state index in [0.29, 0.717) is 10.8 Å². The largest absolute Gasteiger partial charge is 0.495 e. The molecular formula is C18H23ClN4O. The topological polar surface area (TPSA) is 50.3 Å². The Morgan fingerprint density at radius 3 is 2.67 bits per heavy atom. The third kappa shape index (κ3) is 3.73. The van der Waals surface area contributed by atoms with Crippen molar-refractivity contribution in [3.05, 3.63) is 35.1 Å². The number of halogens is 1. The third-order valence-electron chi connectivity index (χ3n) is 4.50. The van der Waals surface area contributed by atoms with E-state index in [1.165, 1.54) is 12.8 Å². The molecule has 128 valence electrons. The van der Waals surface area contributed by atoms with Crippen molar-refractivity contribution in [2.45, 2.75) is 26.7 Å². The standard InChI is InChI=1S/C18H23ClN4O/c1-12-4-6-23(7-5-12)18-10-17(20-11-21-18)22-15-8-13(2)14(19)9-16(15)24-3/h8-12H,4-7H2,1-3H3,(H,20,21,22). The summed E-state index contributed by atoms with van der Waals surface area (Å²) in [5.41, 5.74) is 1.83. The molecular weight excluding hydrogens is 324 g/mol. The molecule has 1 aromatic heterocycles. The molecule has 0 radical (unpaired) electrons. The molecule has 6 heteroatoms. The summed E-state index contributed by atoms with van der Waals surface area (Å²) in [5, 5.41) is 4.00. The van der Waals surface area contributed by atoms with E-state index < -0.39 is 0 Å². The number of ether oxygens (including phenoxy) is 1. The van der Waals surface area contributed by atoms with Gasteiger partial charge in [0.2, 0.25) is 0 Å². The van der Waals surface area contributed by atoms with Gasteiger partial charge in [-0.15, -0.1) is 0 Å². The van der Waals surface area contributed by atoms with E-state index in [9.17, 15) is 0 Å². The Balaban J connectivity index is 1.81. The average molecular weight is 347 g/mol. The van der Waals surface area contributed by atoms with Gasteiger partial charge in [-0.1, -0.05) is 18.5 Å². The van der Waals surface area contributed by atoms with E-state index in [1.54, 1.807) is 13.4 Å². The number of nitrogens with one attached hydrogen (secondary N) is 1. The fourth-order valence-corrected chi connectivity index (χ4v) is 3.05. The second-order valence-corrected chi connectivity index (χ2v) is 6.76. The summed E-state index contributed by atoms with van der Waals surface area (Å²) < 4.78 is 5.41. The maximum atomic E-state index is 6.17. The van der Waals surface area contributed by atoms with Crippen LogP contribution in [0.1, 0.15) is 25.3 Å². The van der Waals surface area contributed by atoms with E-state index in [4.69, 9.17) is 16.3 Å². The molecule has 0 aliphatic carbocycles. The molecule has 0 atom stereocenters. The van der Waals surface area contributed by atoms with E-state index in [2.05, 4.69) is 27.1 Å². The lowest BCUT2D eigenvalue weighted by molar-refractivity contribution is 0.416. The summed E-state index contributed by atoms with van der Waals surface area (Å²) >= 11 is 6.17. The summed E-state index contributed by atoms with van der Waals surface area (Å²) in [4.78, 5) is 11.1. The first-order valence-corrected chi connectivity index (χ1v) is 8.62. The highest BCUT2D eigenvalue weighted by molar-refractivity contribution is 6.31. The van der Waals surface area contributed by atoms with Gasteiger partial charge in [-0.05, 0) is 37.3 Å². The Bertz CT molecular complexity index is 714. The number of hydrogen-bond acceptors (Lipinski definition) is 5. The maximum Gasteiger partial charge on any atom is 0.143 e. The van der Waals surface area contributed by atoms with Crippen LogP contribution in [0.2, 0.25) is 5.02 Å². The van der Waals surface area contributed by atoms with E-state index in [0.717, 1.165) is 41.9 Å². The molecule has 0 amide bonds. The molecule has 1 saturated heterocycles. The van der Waals surface area contributed by atoms with E-state index >= 15 is 0 Å². The normalized spacial score (nSPS) is 15.4. The minimum Gasteiger partial charge on any atom is -0.495 e. The van der Waals surface area contributed by atoms with Crippen LogP contribution in [-0.2, 0) is 0 Å². The average Bonchev–Trinajstić information content (AvgIpc) is 2.59. The van der Waals surface area contributed by atoms with Crippen molar-refractivity contribution in [1.82, 2.24) is 9.97 Å². The first-order chi connectivity index (χ1) is 11.6. The van der Waals surface area contributed by atoms with Gasteiger partial charge >= 0.3 is 0 Å². The number of methoxy groups -OCH3 is 1. The minimum absolute atomic E-state index is 0.684. The molecule has 5 nitrogen and oxygen atoms in total. The number of nitrogens with zero attached hydrogens (tertiary/aromatic N) is 3. The maximum absolute atomic E-state index is 6.17. The molecule has 24 heavy (non-hydrogen) atoms. The number of piperidine rings is 1. The minimum atomic E-state index is 0.684. The molecule has 1 N–H and O–H groups in total. The van der Waals surface area contributed by atoms with Gasteiger partial charge in [-0.25, -0.2) is 9.97 Å². The van der Waals surface area contributed by atoms with Crippen LogP contribution in [0.5, 0.6) is 5.75 Å². The van der Waals surface area contributed by atoms with Crippen LogP contribution in [-0.4, -0.2) is 30.2 Å². The van der Waals surface area contributed by atoms with Crippen molar-refractivity contribution in [2.24, 2.45) is 5.92 Å². The fourth-order valence-electron chi connectivity index (χ4n) is 2.89. The van der Waals surface area contributed by atoms with Gasteiger partial charge in [0.05, 0.1) is 12.8 Å². The van der Waals surface area contributed by atoms with Crippen LogP contribution >= 0.6 is 11.6 Å². The quantitative estimate of drug-likeness (QED) is 0.887. The lowest BCUT2D eigenvalue weighted by Crippen LogP contribution is -2.33. The van der Waals surface area contributed by atoms with Gasteiger partial charge in [0.25, 0.3) is 0 Å². The number of benzene rings is 1. The molecule has 0 saturated carbocycles. The monoisotopic (exact) mass is 346 g/mol. The van der Waals surface area contributed by atoms with Crippen LogP contribution in [0.15, 0.2) is 24.5 Å². The van der Waals surface area contributed by atoms with Gasteiger partial charge in [0.15, 0.2) is 0 Å². The number of rotatable bonds is 4. The summed E-state index contributed by atoms with van der Waals surface area (Å²) in [6, 6.07) is 5.76. The summed E-state index contributed by atoms with van der Waals surface area (Å²) in [6.45, 7) is 6.36. The summed E-state index contributed by atoms with van der Waals surface area (Å²) in [7, 11) is 1.63. The summed E-state index contributed by atoms with van der Waals surface area (Å²) in [5.74, 6) is 3.20. The van der Waals surface area contributed by atoms with Crippen LogP contribution in [0, 0.1) is 12.8 Å². The number of aromatic nitrogens is 2. The second-order valence-electron chi connectivity index (χ2n) is 6.36. The van der Waals surface area contributed by atoms with Crippen LogP contribution in [0.3, 0.4) is 0 Å². The first-order valence-electron chi connectivity index (χ1n) is 8.25. The van der Waals surface area contributed by atoms with Gasteiger partial charge < -0.3 is 15.0 Å². The van der Waals surface area contributed by atoms with Crippen LogP contribution in [0.25, 0.3) is 0 Å². The molecule has 3 rings (SSSR count). The zero-order valence-electron chi connectivity index (χ0n) is 14.3. The van der Waals surface area contributed by atoms with Crippen molar-refractivity contribution in [2.75, 3.05) is 30.4 Å². The Kier molecular flexibility index (Phi) is 5.09. The van der Waals surface area contributed by atoms with Crippen molar-refractivity contribution < 1.29 is 4.74 Å². The van der Waals surface area contributed by atoms with Crippen molar-refractivity contribution >= 4 is 28.9 Å². The van der Waals surface area contributed by atoms with Gasteiger partial charge in [-0.2, -0.15) is 0 Å². The molecule has 2 heterocycles. The highest BCUT2D eigenvalue weighted by Gasteiger charge is 2.17. The highest BCUT2D eigenvalue weighted by atomic mass is 35.5. The summed E-state index contributed by atoms with van der Waals surface area (Å²) in [6.07, 6.45) is 4.01. The molecule has 1 aromatic carbocycles. The molecule has 0 bridgehead atoms. The molecule has 0 spiro atoms. The SMILES string of the molecule is COc1cc(Cl)c(C)cc1Nc1cc(N2CCC(C)CC2)ncn1. The van der Waals surface area contributed by atoms with Gasteiger partial charge in [0.1, 0.15) is 23.7 Å². The lowest BCUT2D eigenvalue weighted by atomic mass is 9.99. The predicted molar refractivity (Wildman–Crippen MR) is 98.7 cm³/mol. The second kappa shape index (κ2) is 7.26. The van der Waals surface area contributed by atoms with Gasteiger partial charge in [0, 0.05) is 30.2 Å². The molecule has 2 aromatic rings. The number of hydrogen-bond donors (Lipinski definition) is 1. The van der Waals surface area contributed by atoms with Crippen molar-refractivity contribution in [3.63, 3.8) is 0 Å². The number of anilines is 3. The Morgan fingerprint density at radius 2 is 1.96 bits per heavy atom. The zero-order valence-corrected chi connectivity index (χ0v) is 15.1. The number of aryl methyl sites for hydroxylation is 1. The zero-order chi connectivity index (χ0) is 17.1. The third-order valence-corrected chi connectivity index (χ3v) is 4.91. The first kappa shape index (κ1) is 16.8. The van der Waals surface area contributed by atoms with Gasteiger partial charge in [-0.3, -0.25) is 0 Å². The van der Waals surface area contributed by atoms with Crippen LogP contribution in [0.4, 0.5) is 17.3 Å². The molecule has 1 aliphatic heterocycles.